The molecule has 1 rings (SSSR count). The maximum absolute atomic E-state index is 8.70. The highest BCUT2D eigenvalue weighted by atomic mass is 16.4. The number of aliphatic hydroxyl groups is 1. The molecule has 0 amide bonds. The van der Waals surface area contributed by atoms with Crippen LogP contribution in [0.5, 0.6) is 0 Å². The summed E-state index contributed by atoms with van der Waals surface area (Å²) < 4.78 is 0. The molecule has 0 bridgehead atoms. The summed E-state index contributed by atoms with van der Waals surface area (Å²) in [4.78, 5) is 0. The molecule has 0 aliphatic heterocycles. The lowest BCUT2D eigenvalue weighted by Gasteiger charge is -1.99. The Labute approximate surface area is 71.0 Å². The molecule has 0 saturated carbocycles. The average molecular weight is 165 g/mol. The maximum Gasteiger partial charge on any atom is 0.0868 e. The van der Waals surface area contributed by atoms with Crippen LogP contribution in [0.25, 0.3) is 0 Å². The maximum atomic E-state index is 8.70. The molecule has 0 saturated heterocycles. The van der Waals surface area contributed by atoms with Gasteiger partial charge in [-0.05, 0) is 5.56 Å². The minimum atomic E-state index is -0.203. The van der Waals surface area contributed by atoms with E-state index >= 15 is 0 Å². The Morgan fingerprint density at radius 2 is 1.92 bits per heavy atom. The van der Waals surface area contributed by atoms with Crippen LogP contribution in [0.3, 0.4) is 0 Å². The molecule has 0 unspecified atom stereocenters. The van der Waals surface area contributed by atoms with Crippen molar-refractivity contribution in [3.8, 4) is 0 Å². The van der Waals surface area contributed by atoms with Gasteiger partial charge >= 0.3 is 0 Å². The summed E-state index contributed by atoms with van der Waals surface area (Å²) in [5.41, 5.74) is 1.40. The smallest absolute Gasteiger partial charge is 0.0868 e. The van der Waals surface area contributed by atoms with Gasteiger partial charge in [0.1, 0.15) is 0 Å². The molecule has 0 spiro atoms. The van der Waals surface area contributed by atoms with Gasteiger partial charge in [-0.2, -0.15) is 0 Å². The number of rotatable bonds is 3. The molecular formula is C9H11NO2. The lowest BCUT2D eigenvalue weighted by atomic mass is 10.1. The van der Waals surface area contributed by atoms with Gasteiger partial charge < -0.3 is 10.3 Å². The zero-order valence-electron chi connectivity index (χ0n) is 6.64. The Kier molecular flexibility index (Phi) is 3.29. The SMILES string of the molecule is OCC(Cc1ccccc1)=NO. The second-order valence-corrected chi connectivity index (χ2v) is 2.49. The number of benzene rings is 1. The second kappa shape index (κ2) is 4.51. The van der Waals surface area contributed by atoms with E-state index < -0.39 is 0 Å². The third-order valence-corrected chi connectivity index (χ3v) is 1.57. The van der Waals surface area contributed by atoms with Gasteiger partial charge in [-0.3, -0.25) is 0 Å². The standard InChI is InChI=1S/C9H11NO2/c11-7-9(10-12)6-8-4-2-1-3-5-8/h1-5,11-12H,6-7H2. The van der Waals surface area contributed by atoms with Gasteiger partial charge in [0.15, 0.2) is 0 Å². The molecule has 64 valence electrons. The fourth-order valence-corrected chi connectivity index (χ4v) is 0.954. The first-order valence-corrected chi connectivity index (χ1v) is 3.71. The van der Waals surface area contributed by atoms with E-state index in [0.29, 0.717) is 12.1 Å². The van der Waals surface area contributed by atoms with Crippen molar-refractivity contribution in [2.75, 3.05) is 6.61 Å². The number of hydrogen-bond donors (Lipinski definition) is 2. The quantitative estimate of drug-likeness (QED) is 0.399. The number of hydrogen-bond acceptors (Lipinski definition) is 3. The summed E-state index contributed by atoms with van der Waals surface area (Å²) in [6.07, 6.45) is 0.494. The predicted molar refractivity (Wildman–Crippen MR) is 46.5 cm³/mol. The van der Waals surface area contributed by atoms with Crippen LogP contribution >= 0.6 is 0 Å². The van der Waals surface area contributed by atoms with Crippen LogP contribution in [0.2, 0.25) is 0 Å². The summed E-state index contributed by atoms with van der Waals surface area (Å²) >= 11 is 0. The van der Waals surface area contributed by atoms with E-state index in [4.69, 9.17) is 10.3 Å². The third kappa shape index (κ3) is 2.36. The average Bonchev–Trinajstić information content (AvgIpc) is 2.16. The summed E-state index contributed by atoms with van der Waals surface area (Å²) in [5, 5.41) is 20.1. The fraction of sp³-hybridized carbons (Fsp3) is 0.222. The molecule has 0 aliphatic rings. The Hall–Kier alpha value is -1.35. The molecule has 0 heterocycles. The van der Waals surface area contributed by atoms with E-state index in [1.54, 1.807) is 0 Å². The highest BCUT2D eigenvalue weighted by Gasteiger charge is 1.98. The van der Waals surface area contributed by atoms with E-state index in [1.165, 1.54) is 0 Å². The summed E-state index contributed by atoms with van der Waals surface area (Å²) in [7, 11) is 0. The van der Waals surface area contributed by atoms with E-state index in [2.05, 4.69) is 5.16 Å². The van der Waals surface area contributed by atoms with Gasteiger partial charge in [0.25, 0.3) is 0 Å². The molecule has 0 aromatic heterocycles. The first-order chi connectivity index (χ1) is 5.86. The summed E-state index contributed by atoms with van der Waals surface area (Å²) in [6.45, 7) is -0.203. The molecule has 3 nitrogen and oxygen atoms in total. The molecule has 3 heteroatoms. The van der Waals surface area contributed by atoms with Crippen LogP contribution in [-0.2, 0) is 6.42 Å². The highest BCUT2D eigenvalue weighted by Crippen LogP contribution is 2.00. The zero-order valence-corrected chi connectivity index (χ0v) is 6.64. The Balaban J connectivity index is 2.64. The fourth-order valence-electron chi connectivity index (χ4n) is 0.954. The number of oxime groups is 1. The van der Waals surface area contributed by atoms with Crippen LogP contribution < -0.4 is 0 Å². The largest absolute Gasteiger partial charge is 0.411 e. The zero-order chi connectivity index (χ0) is 8.81. The topological polar surface area (TPSA) is 52.8 Å². The van der Waals surface area contributed by atoms with Crippen molar-refractivity contribution in [3.05, 3.63) is 35.9 Å². The normalized spacial score (nSPS) is 11.6. The van der Waals surface area contributed by atoms with E-state index in [1.807, 2.05) is 30.3 Å². The van der Waals surface area contributed by atoms with Crippen molar-refractivity contribution in [1.29, 1.82) is 0 Å². The van der Waals surface area contributed by atoms with Gasteiger partial charge in [0.2, 0.25) is 0 Å². The number of aliphatic hydroxyl groups excluding tert-OH is 1. The number of nitrogens with zero attached hydrogens (tertiary/aromatic N) is 1. The van der Waals surface area contributed by atoms with Gasteiger partial charge in [-0.1, -0.05) is 35.5 Å². The van der Waals surface area contributed by atoms with Crippen LogP contribution in [0.1, 0.15) is 5.56 Å². The van der Waals surface area contributed by atoms with Gasteiger partial charge in [-0.15, -0.1) is 0 Å². The Morgan fingerprint density at radius 3 is 2.42 bits per heavy atom. The van der Waals surface area contributed by atoms with Crippen LogP contribution in [0.4, 0.5) is 0 Å². The van der Waals surface area contributed by atoms with Crippen LogP contribution in [-0.4, -0.2) is 22.6 Å². The van der Waals surface area contributed by atoms with Crippen molar-refractivity contribution in [1.82, 2.24) is 0 Å². The first-order valence-electron chi connectivity index (χ1n) is 3.71. The predicted octanol–water partition coefficient (Wildman–Crippen LogP) is 1.05. The molecule has 1 aromatic carbocycles. The van der Waals surface area contributed by atoms with Crippen molar-refractivity contribution < 1.29 is 10.3 Å². The lowest BCUT2D eigenvalue weighted by molar-refractivity contribution is 0.301. The van der Waals surface area contributed by atoms with Crippen molar-refractivity contribution >= 4 is 5.71 Å². The molecule has 12 heavy (non-hydrogen) atoms. The molecule has 1 aromatic rings. The second-order valence-electron chi connectivity index (χ2n) is 2.49. The monoisotopic (exact) mass is 165 g/mol. The van der Waals surface area contributed by atoms with Gasteiger partial charge in [0.05, 0.1) is 12.3 Å². The minimum absolute atomic E-state index is 0.203. The van der Waals surface area contributed by atoms with Crippen molar-refractivity contribution in [2.45, 2.75) is 6.42 Å². The third-order valence-electron chi connectivity index (χ3n) is 1.57. The van der Waals surface area contributed by atoms with E-state index in [9.17, 15) is 0 Å². The van der Waals surface area contributed by atoms with E-state index in [-0.39, 0.29) is 6.61 Å². The highest BCUT2D eigenvalue weighted by molar-refractivity contribution is 5.86. The van der Waals surface area contributed by atoms with Gasteiger partial charge in [-0.25, -0.2) is 0 Å². The Morgan fingerprint density at radius 1 is 1.25 bits per heavy atom. The van der Waals surface area contributed by atoms with Crippen molar-refractivity contribution in [2.24, 2.45) is 5.16 Å². The minimum Gasteiger partial charge on any atom is -0.411 e. The molecule has 0 fully saturated rings. The lowest BCUT2D eigenvalue weighted by Crippen LogP contribution is -2.07. The molecule has 2 N–H and O–H groups in total. The molecule has 0 radical (unpaired) electrons. The first kappa shape index (κ1) is 8.74. The molecular weight excluding hydrogens is 154 g/mol. The molecule has 0 aliphatic carbocycles. The summed E-state index contributed by atoms with van der Waals surface area (Å²) in [5.74, 6) is 0. The van der Waals surface area contributed by atoms with Crippen molar-refractivity contribution in [3.63, 3.8) is 0 Å². The van der Waals surface area contributed by atoms with Crippen LogP contribution in [0, 0.1) is 0 Å². The molecule has 0 atom stereocenters. The van der Waals surface area contributed by atoms with Crippen LogP contribution in [0.15, 0.2) is 35.5 Å². The summed E-state index contributed by atoms with van der Waals surface area (Å²) in [6, 6.07) is 9.56. The van der Waals surface area contributed by atoms with E-state index in [0.717, 1.165) is 5.56 Å². The Bertz CT molecular complexity index is 256. The van der Waals surface area contributed by atoms with Gasteiger partial charge in [0, 0.05) is 6.42 Å².